The maximum absolute atomic E-state index is 11.8. The van der Waals surface area contributed by atoms with Crippen molar-refractivity contribution in [2.75, 3.05) is 0 Å². The van der Waals surface area contributed by atoms with Crippen LogP contribution in [-0.2, 0) is 0 Å². The Morgan fingerprint density at radius 1 is 1.09 bits per heavy atom. The highest BCUT2D eigenvalue weighted by molar-refractivity contribution is 5.87. The Morgan fingerprint density at radius 2 is 1.85 bits per heavy atom. The number of hydrogen-bond acceptors (Lipinski definition) is 2. The lowest BCUT2D eigenvalue weighted by Crippen LogP contribution is -2.53. The minimum absolute atomic E-state index is 0.284. The number of fused-ring (bicyclic) bond motifs is 5. The molecule has 3 nitrogen and oxygen atoms in total. The Balaban J connectivity index is 1.35. The number of rotatable bonds is 5. The van der Waals surface area contributed by atoms with Gasteiger partial charge in [-0.05, 0) is 122 Å². The van der Waals surface area contributed by atoms with E-state index in [4.69, 9.17) is 0 Å². The summed E-state index contributed by atoms with van der Waals surface area (Å²) in [7, 11) is 0. The van der Waals surface area contributed by atoms with Gasteiger partial charge in [0.15, 0.2) is 5.69 Å². The molecule has 0 spiro atoms. The van der Waals surface area contributed by atoms with Crippen LogP contribution in [0.1, 0.15) is 120 Å². The molecule has 5 rings (SSSR count). The van der Waals surface area contributed by atoms with Gasteiger partial charge < -0.3 is 5.11 Å². The van der Waals surface area contributed by atoms with Crippen molar-refractivity contribution in [3.63, 3.8) is 0 Å². The van der Waals surface area contributed by atoms with Crippen LogP contribution in [0.5, 0.6) is 0 Å². The Labute approximate surface area is 201 Å². The van der Waals surface area contributed by atoms with Crippen LogP contribution in [0.25, 0.3) is 0 Å². The van der Waals surface area contributed by atoms with Gasteiger partial charge in [-0.1, -0.05) is 46.6 Å². The monoisotopic (exact) mass is 451 g/mol. The summed E-state index contributed by atoms with van der Waals surface area (Å²) >= 11 is 0. The van der Waals surface area contributed by atoms with Crippen LogP contribution in [0.15, 0.2) is 18.3 Å². The number of carboxylic acid groups (broad SMARTS) is 1. The average molecular weight is 452 g/mol. The number of carbonyl (C=O) groups is 1. The van der Waals surface area contributed by atoms with E-state index in [0.29, 0.717) is 16.7 Å². The average Bonchev–Trinajstić information content (AvgIpc) is 3.16. The van der Waals surface area contributed by atoms with Crippen molar-refractivity contribution in [3.8, 4) is 0 Å². The molecule has 5 unspecified atom stereocenters. The Bertz CT molecular complexity index is 882. The maximum Gasteiger partial charge on any atom is 0.354 e. The zero-order valence-electron chi connectivity index (χ0n) is 21.4. The van der Waals surface area contributed by atoms with E-state index >= 15 is 0 Å². The van der Waals surface area contributed by atoms with Crippen LogP contribution in [0.4, 0.5) is 0 Å². The molecule has 4 aliphatic rings. The zero-order valence-corrected chi connectivity index (χ0v) is 21.4. The smallest absolute Gasteiger partial charge is 0.354 e. The highest BCUT2D eigenvalue weighted by Gasteiger charge is 2.60. The number of carboxylic acids is 1. The van der Waals surface area contributed by atoms with Gasteiger partial charge in [-0.25, -0.2) is 9.78 Å². The fourth-order valence-electron chi connectivity index (χ4n) is 10.1. The molecular formula is C30H45NO2. The molecule has 1 N–H and O–H groups in total. The second-order valence-electron chi connectivity index (χ2n) is 12.9. The highest BCUT2D eigenvalue weighted by Crippen LogP contribution is 2.69. The first-order valence-electron chi connectivity index (χ1n) is 14.0. The van der Waals surface area contributed by atoms with Crippen molar-refractivity contribution in [3.05, 3.63) is 29.6 Å². The van der Waals surface area contributed by atoms with E-state index in [0.717, 1.165) is 53.9 Å². The number of nitrogens with zero attached hydrogens (tertiary/aromatic N) is 1. The lowest BCUT2D eigenvalue weighted by atomic mass is 9.43. The van der Waals surface area contributed by atoms with Gasteiger partial charge >= 0.3 is 5.97 Å². The van der Waals surface area contributed by atoms with Crippen LogP contribution in [0, 0.1) is 46.3 Å². The Kier molecular flexibility index (Phi) is 6.15. The topological polar surface area (TPSA) is 50.2 Å². The quantitative estimate of drug-likeness (QED) is 0.494. The first-order valence-corrected chi connectivity index (χ1v) is 14.0. The highest BCUT2D eigenvalue weighted by atomic mass is 16.4. The van der Waals surface area contributed by atoms with Gasteiger partial charge in [0, 0.05) is 6.20 Å². The van der Waals surface area contributed by atoms with E-state index in [2.05, 4.69) is 32.7 Å². The summed E-state index contributed by atoms with van der Waals surface area (Å²) in [4.78, 5) is 16.0. The van der Waals surface area contributed by atoms with Gasteiger partial charge in [0.2, 0.25) is 0 Å². The van der Waals surface area contributed by atoms with Crippen LogP contribution in [0.2, 0.25) is 0 Å². The number of aromatic carboxylic acids is 1. The van der Waals surface area contributed by atoms with Crippen LogP contribution in [0.3, 0.4) is 0 Å². The Morgan fingerprint density at radius 3 is 2.61 bits per heavy atom. The molecule has 4 fully saturated rings. The van der Waals surface area contributed by atoms with Gasteiger partial charge in [0.25, 0.3) is 0 Å². The Hall–Kier alpha value is -1.38. The molecule has 182 valence electrons. The fourth-order valence-corrected chi connectivity index (χ4v) is 10.1. The number of aromatic nitrogens is 1. The minimum atomic E-state index is -0.873. The molecule has 3 heteroatoms. The number of pyridine rings is 1. The summed E-state index contributed by atoms with van der Waals surface area (Å²) in [6.45, 7) is 10.2. The van der Waals surface area contributed by atoms with Gasteiger partial charge in [-0.15, -0.1) is 0 Å². The number of hydrogen-bond donors (Lipinski definition) is 1. The van der Waals surface area contributed by atoms with Crippen molar-refractivity contribution in [2.24, 2.45) is 46.3 Å². The summed E-state index contributed by atoms with van der Waals surface area (Å²) in [5.41, 5.74) is 2.28. The molecule has 9 atom stereocenters. The van der Waals surface area contributed by atoms with Crippen LogP contribution >= 0.6 is 0 Å². The van der Waals surface area contributed by atoms with Crippen molar-refractivity contribution in [1.82, 2.24) is 4.98 Å². The maximum atomic E-state index is 11.8. The van der Waals surface area contributed by atoms with E-state index < -0.39 is 5.97 Å². The molecule has 4 aliphatic carbocycles. The lowest BCUT2D eigenvalue weighted by molar-refractivity contribution is -0.117. The zero-order chi connectivity index (χ0) is 23.4. The van der Waals surface area contributed by atoms with Gasteiger partial charge in [-0.3, -0.25) is 0 Å². The summed E-state index contributed by atoms with van der Waals surface area (Å²) in [5.74, 6) is 4.78. The molecule has 1 heterocycles. The lowest BCUT2D eigenvalue weighted by Gasteiger charge is -2.61. The largest absolute Gasteiger partial charge is 0.477 e. The van der Waals surface area contributed by atoms with Crippen molar-refractivity contribution >= 4 is 5.97 Å². The SMILES string of the molecule is CCC[C@@H](C)[C@H]1CCC2C3CCC4CC(c5cccnc5C(=O)O)CC[C@]4(C)C3CC[C@@]21C. The van der Waals surface area contributed by atoms with E-state index in [-0.39, 0.29) is 5.69 Å². The minimum Gasteiger partial charge on any atom is -0.477 e. The third-order valence-electron chi connectivity index (χ3n) is 11.7. The molecule has 0 bridgehead atoms. The predicted octanol–water partition coefficient (Wildman–Crippen LogP) is 7.96. The molecule has 4 saturated carbocycles. The molecule has 0 aliphatic heterocycles. The molecule has 33 heavy (non-hydrogen) atoms. The standard InChI is InChI=1S/C30H45NO2/c1-5-7-19(2)24-11-12-25-23-10-9-21-18-20(22-8-6-17-31-27(22)28(32)33)13-15-29(21,3)26(23)14-16-30(24,25)4/h6,8,17,19-21,23-26H,5,7,9-16,18H2,1-4H3,(H,32,33)/t19-,20?,21?,23?,24-,25?,26?,29+,30-/m1/s1. The summed E-state index contributed by atoms with van der Waals surface area (Å²) in [6.07, 6.45) is 16.4. The molecule has 1 aromatic rings. The van der Waals surface area contributed by atoms with Gasteiger partial charge in [0.1, 0.15) is 0 Å². The third-order valence-corrected chi connectivity index (χ3v) is 11.7. The molecule has 1 aromatic heterocycles. The fraction of sp³-hybridized carbons (Fsp3) is 0.800. The summed E-state index contributed by atoms with van der Waals surface area (Å²) in [6, 6.07) is 3.95. The third kappa shape index (κ3) is 3.67. The molecular weight excluding hydrogens is 406 g/mol. The molecule has 0 saturated heterocycles. The van der Waals surface area contributed by atoms with Crippen LogP contribution in [-0.4, -0.2) is 16.1 Å². The summed E-state index contributed by atoms with van der Waals surface area (Å²) in [5, 5.41) is 9.68. The van der Waals surface area contributed by atoms with Crippen molar-refractivity contribution in [2.45, 2.75) is 104 Å². The normalized spacial score (nSPS) is 43.3. The van der Waals surface area contributed by atoms with E-state index in [9.17, 15) is 9.90 Å². The second kappa shape index (κ2) is 8.68. The first kappa shape index (κ1) is 23.4. The van der Waals surface area contributed by atoms with Gasteiger partial charge in [0.05, 0.1) is 0 Å². The molecule has 0 radical (unpaired) electrons. The van der Waals surface area contributed by atoms with E-state index in [1.54, 1.807) is 6.20 Å². The van der Waals surface area contributed by atoms with Crippen molar-refractivity contribution < 1.29 is 9.90 Å². The van der Waals surface area contributed by atoms with Gasteiger partial charge in [-0.2, -0.15) is 0 Å². The second-order valence-corrected chi connectivity index (χ2v) is 12.9. The molecule has 0 amide bonds. The van der Waals surface area contributed by atoms with Crippen LogP contribution < -0.4 is 0 Å². The summed E-state index contributed by atoms with van der Waals surface area (Å²) < 4.78 is 0. The van der Waals surface area contributed by atoms with E-state index in [1.807, 2.05) is 12.1 Å². The molecule has 0 aromatic carbocycles. The predicted molar refractivity (Wildman–Crippen MR) is 133 cm³/mol. The van der Waals surface area contributed by atoms with Crippen molar-refractivity contribution in [1.29, 1.82) is 0 Å². The van der Waals surface area contributed by atoms with E-state index in [1.165, 1.54) is 57.8 Å². The first-order chi connectivity index (χ1) is 15.8.